The summed E-state index contributed by atoms with van der Waals surface area (Å²) in [6.07, 6.45) is -2.33. The van der Waals surface area contributed by atoms with Gasteiger partial charge in [0.1, 0.15) is 5.69 Å². The monoisotopic (exact) mass is 230 g/mol. The van der Waals surface area contributed by atoms with Gasteiger partial charge < -0.3 is 5.32 Å². The molecule has 16 heavy (non-hydrogen) atoms. The lowest BCUT2D eigenvalue weighted by atomic mass is 10.0. The molecule has 2 rings (SSSR count). The smallest absolute Gasteiger partial charge is 0.310 e. The number of nitrogens with one attached hydrogen (secondary N) is 1. The van der Waals surface area contributed by atoms with Crippen LogP contribution >= 0.6 is 0 Å². The summed E-state index contributed by atoms with van der Waals surface area (Å²) in [6.45, 7) is 2.55. The van der Waals surface area contributed by atoms with E-state index in [4.69, 9.17) is 0 Å². The molecule has 0 unspecified atom stereocenters. The van der Waals surface area contributed by atoms with Crippen molar-refractivity contribution >= 4 is 0 Å². The number of rotatable bonds is 1. The Morgan fingerprint density at radius 1 is 1.38 bits per heavy atom. The van der Waals surface area contributed by atoms with Crippen LogP contribution in [0.25, 0.3) is 0 Å². The normalized spacial score (nSPS) is 21.4. The molecule has 0 aromatic carbocycles. The number of aromatic nitrogens is 1. The molecule has 0 saturated carbocycles. The van der Waals surface area contributed by atoms with Crippen LogP contribution in [0, 0.1) is 6.92 Å². The minimum Gasteiger partial charge on any atom is -0.310 e. The molecule has 0 spiro atoms. The standard InChI is InChI=1S/C11H13F3N2/c1-7-8(9-3-2-6-15-9)4-5-10(16-7)11(12,13)14/h4-5,9,15H,2-3,6H2,1H3/t9-/m0/s1. The molecular formula is C11H13F3N2. The van der Waals surface area contributed by atoms with Crippen LogP contribution in [0.3, 0.4) is 0 Å². The molecule has 0 aliphatic carbocycles. The third-order valence-electron chi connectivity index (χ3n) is 2.85. The van der Waals surface area contributed by atoms with Crippen molar-refractivity contribution in [2.45, 2.75) is 32.0 Å². The van der Waals surface area contributed by atoms with Gasteiger partial charge >= 0.3 is 6.18 Å². The van der Waals surface area contributed by atoms with E-state index in [2.05, 4.69) is 10.3 Å². The van der Waals surface area contributed by atoms with E-state index in [9.17, 15) is 13.2 Å². The second-order valence-electron chi connectivity index (χ2n) is 4.02. The van der Waals surface area contributed by atoms with Crippen LogP contribution in [-0.4, -0.2) is 11.5 Å². The van der Waals surface area contributed by atoms with Gasteiger partial charge in [0.2, 0.25) is 0 Å². The number of hydrogen-bond donors (Lipinski definition) is 1. The summed E-state index contributed by atoms with van der Waals surface area (Å²) in [6, 6.07) is 2.76. The van der Waals surface area contributed by atoms with Gasteiger partial charge in [-0.25, -0.2) is 4.98 Å². The second-order valence-corrected chi connectivity index (χ2v) is 4.02. The van der Waals surface area contributed by atoms with Crippen molar-refractivity contribution in [3.05, 3.63) is 29.1 Å². The summed E-state index contributed by atoms with van der Waals surface area (Å²) in [7, 11) is 0. The summed E-state index contributed by atoms with van der Waals surface area (Å²) < 4.78 is 37.2. The van der Waals surface area contributed by atoms with Crippen molar-refractivity contribution in [3.63, 3.8) is 0 Å². The van der Waals surface area contributed by atoms with Gasteiger partial charge in [0.25, 0.3) is 0 Å². The number of alkyl halides is 3. The molecule has 5 heteroatoms. The Kier molecular flexibility index (Phi) is 2.88. The van der Waals surface area contributed by atoms with Crippen LogP contribution in [0.4, 0.5) is 13.2 Å². The Hall–Kier alpha value is -1.10. The highest BCUT2D eigenvalue weighted by molar-refractivity contribution is 5.27. The molecular weight excluding hydrogens is 217 g/mol. The van der Waals surface area contributed by atoms with E-state index in [0.29, 0.717) is 5.69 Å². The predicted octanol–water partition coefficient (Wildman–Crippen LogP) is 2.83. The van der Waals surface area contributed by atoms with Crippen LogP contribution < -0.4 is 5.32 Å². The minimum absolute atomic E-state index is 0.162. The molecule has 1 N–H and O–H groups in total. The van der Waals surface area contributed by atoms with Gasteiger partial charge in [-0.2, -0.15) is 13.2 Å². The zero-order valence-corrected chi connectivity index (χ0v) is 8.93. The van der Waals surface area contributed by atoms with Gasteiger partial charge in [0.15, 0.2) is 0 Å². The van der Waals surface area contributed by atoms with E-state index < -0.39 is 11.9 Å². The SMILES string of the molecule is Cc1nc(C(F)(F)F)ccc1[C@@H]1CCCN1. The number of halogens is 3. The highest BCUT2D eigenvalue weighted by Gasteiger charge is 2.33. The van der Waals surface area contributed by atoms with E-state index in [1.165, 1.54) is 6.07 Å². The third-order valence-corrected chi connectivity index (χ3v) is 2.85. The molecule has 1 saturated heterocycles. The molecule has 2 nitrogen and oxygen atoms in total. The second kappa shape index (κ2) is 4.05. The maximum Gasteiger partial charge on any atom is 0.433 e. The minimum atomic E-state index is -4.35. The van der Waals surface area contributed by atoms with Gasteiger partial charge in [0, 0.05) is 11.7 Å². The van der Waals surface area contributed by atoms with Crippen molar-refractivity contribution < 1.29 is 13.2 Å². The maximum atomic E-state index is 12.4. The molecule has 1 aliphatic heterocycles. The largest absolute Gasteiger partial charge is 0.433 e. The van der Waals surface area contributed by atoms with Crippen molar-refractivity contribution in [3.8, 4) is 0 Å². The molecule has 88 valence electrons. The summed E-state index contributed by atoms with van der Waals surface area (Å²) in [5.74, 6) is 0. The Balaban J connectivity index is 2.29. The molecule has 0 amide bonds. The predicted molar refractivity (Wildman–Crippen MR) is 54.0 cm³/mol. The Morgan fingerprint density at radius 3 is 2.62 bits per heavy atom. The maximum absolute atomic E-state index is 12.4. The first-order valence-corrected chi connectivity index (χ1v) is 5.26. The first-order chi connectivity index (χ1) is 7.48. The Labute approximate surface area is 91.9 Å². The van der Waals surface area contributed by atoms with Crippen LogP contribution in [0.5, 0.6) is 0 Å². The van der Waals surface area contributed by atoms with Gasteiger partial charge in [-0.15, -0.1) is 0 Å². The topological polar surface area (TPSA) is 24.9 Å². The zero-order chi connectivity index (χ0) is 11.8. The summed E-state index contributed by atoms with van der Waals surface area (Å²) in [5, 5.41) is 3.25. The lowest BCUT2D eigenvalue weighted by Gasteiger charge is -2.15. The van der Waals surface area contributed by atoms with E-state index in [-0.39, 0.29) is 6.04 Å². The quantitative estimate of drug-likeness (QED) is 0.802. The lowest BCUT2D eigenvalue weighted by Crippen LogP contribution is -2.16. The summed E-state index contributed by atoms with van der Waals surface area (Å²) in [5.41, 5.74) is 0.534. The van der Waals surface area contributed by atoms with Crippen molar-refractivity contribution in [1.29, 1.82) is 0 Å². The highest BCUT2D eigenvalue weighted by atomic mass is 19.4. The van der Waals surface area contributed by atoms with Crippen LogP contribution in [0.1, 0.15) is 35.8 Å². The Morgan fingerprint density at radius 2 is 2.12 bits per heavy atom. The van der Waals surface area contributed by atoms with E-state index >= 15 is 0 Å². The van der Waals surface area contributed by atoms with Crippen molar-refractivity contribution in [1.82, 2.24) is 10.3 Å². The molecule has 1 aromatic rings. The van der Waals surface area contributed by atoms with Gasteiger partial charge in [-0.1, -0.05) is 6.07 Å². The van der Waals surface area contributed by atoms with Crippen molar-refractivity contribution in [2.75, 3.05) is 6.54 Å². The zero-order valence-electron chi connectivity index (χ0n) is 8.93. The fraction of sp³-hybridized carbons (Fsp3) is 0.545. The molecule has 1 aromatic heterocycles. The summed E-state index contributed by atoms with van der Waals surface area (Å²) >= 11 is 0. The fourth-order valence-electron chi connectivity index (χ4n) is 2.05. The van der Waals surface area contributed by atoms with Crippen molar-refractivity contribution in [2.24, 2.45) is 0 Å². The van der Waals surface area contributed by atoms with Crippen LogP contribution in [0.15, 0.2) is 12.1 Å². The highest BCUT2D eigenvalue weighted by Crippen LogP contribution is 2.31. The average molecular weight is 230 g/mol. The average Bonchev–Trinajstić information content (AvgIpc) is 2.69. The van der Waals surface area contributed by atoms with Gasteiger partial charge in [-0.05, 0) is 37.9 Å². The number of pyridine rings is 1. The van der Waals surface area contributed by atoms with Gasteiger partial charge in [0.05, 0.1) is 0 Å². The lowest BCUT2D eigenvalue weighted by molar-refractivity contribution is -0.141. The molecule has 0 bridgehead atoms. The van der Waals surface area contributed by atoms with Gasteiger partial charge in [-0.3, -0.25) is 0 Å². The number of aryl methyl sites for hydroxylation is 1. The van der Waals surface area contributed by atoms with E-state index in [1.807, 2.05) is 0 Å². The van der Waals surface area contributed by atoms with E-state index in [1.54, 1.807) is 6.92 Å². The molecule has 1 aliphatic rings. The molecule has 2 heterocycles. The number of nitrogens with zero attached hydrogens (tertiary/aromatic N) is 1. The number of hydrogen-bond acceptors (Lipinski definition) is 2. The van der Waals surface area contributed by atoms with E-state index in [0.717, 1.165) is 31.0 Å². The first kappa shape index (κ1) is 11.4. The summed E-state index contributed by atoms with van der Waals surface area (Å²) in [4.78, 5) is 3.62. The van der Waals surface area contributed by atoms with Crippen LogP contribution in [0.2, 0.25) is 0 Å². The fourth-order valence-corrected chi connectivity index (χ4v) is 2.05. The molecule has 1 fully saturated rings. The Bertz CT molecular complexity index is 381. The first-order valence-electron chi connectivity index (χ1n) is 5.26. The van der Waals surface area contributed by atoms with Crippen LogP contribution in [-0.2, 0) is 6.18 Å². The third kappa shape index (κ3) is 2.19. The molecule has 0 radical (unpaired) electrons. The molecule has 1 atom stereocenters.